The second-order valence-electron chi connectivity index (χ2n) is 6.75. The van der Waals surface area contributed by atoms with Crippen LogP contribution >= 0.6 is 0 Å². The molecule has 1 unspecified atom stereocenters. The summed E-state index contributed by atoms with van der Waals surface area (Å²) < 4.78 is 0. The zero-order valence-electron chi connectivity index (χ0n) is 13.0. The third-order valence-electron chi connectivity index (χ3n) is 4.26. The zero-order chi connectivity index (χ0) is 14.5. The lowest BCUT2D eigenvalue weighted by Gasteiger charge is -2.26. The molecule has 1 atom stereocenters. The summed E-state index contributed by atoms with van der Waals surface area (Å²) in [4.78, 5) is 14.2. The van der Waals surface area contributed by atoms with Gasteiger partial charge in [-0.1, -0.05) is 13.8 Å². The van der Waals surface area contributed by atoms with Crippen molar-refractivity contribution in [2.45, 2.75) is 65.0 Å². The van der Waals surface area contributed by atoms with Crippen LogP contribution in [0.4, 0.5) is 0 Å². The second kappa shape index (κ2) is 7.25. The van der Waals surface area contributed by atoms with Crippen molar-refractivity contribution in [1.82, 2.24) is 10.2 Å². The number of nitrogens with one attached hydrogen (secondary N) is 1. The molecular weight excluding hydrogens is 238 g/mol. The van der Waals surface area contributed by atoms with E-state index in [0.29, 0.717) is 19.0 Å². The number of amides is 1. The van der Waals surface area contributed by atoms with Crippen LogP contribution in [-0.4, -0.2) is 43.0 Å². The van der Waals surface area contributed by atoms with Crippen LogP contribution in [0.2, 0.25) is 0 Å². The summed E-state index contributed by atoms with van der Waals surface area (Å²) in [6.45, 7) is 7.98. The van der Waals surface area contributed by atoms with Crippen molar-refractivity contribution in [3.05, 3.63) is 0 Å². The summed E-state index contributed by atoms with van der Waals surface area (Å²) in [5, 5.41) is 3.05. The smallest absolute Gasteiger partial charge is 0.220 e. The van der Waals surface area contributed by atoms with Gasteiger partial charge in [-0.3, -0.25) is 9.69 Å². The van der Waals surface area contributed by atoms with Crippen molar-refractivity contribution in [3.63, 3.8) is 0 Å². The van der Waals surface area contributed by atoms with E-state index in [-0.39, 0.29) is 11.3 Å². The highest BCUT2D eigenvalue weighted by atomic mass is 16.1. The molecule has 1 fully saturated rings. The molecule has 1 rings (SSSR count). The minimum atomic E-state index is 0.168. The average Bonchev–Trinajstić information content (AvgIpc) is 3.16. The molecule has 0 spiro atoms. The molecule has 1 saturated carbocycles. The summed E-state index contributed by atoms with van der Waals surface area (Å²) in [5.74, 6) is 0.168. The molecule has 1 amide bonds. The molecule has 0 radical (unpaired) electrons. The monoisotopic (exact) mass is 269 g/mol. The van der Waals surface area contributed by atoms with E-state index in [2.05, 4.69) is 38.0 Å². The van der Waals surface area contributed by atoms with Crippen LogP contribution in [0.1, 0.15) is 52.9 Å². The number of hydrogen-bond acceptors (Lipinski definition) is 3. The lowest BCUT2D eigenvalue weighted by molar-refractivity contribution is -0.121. The number of likely N-dealkylation sites (N-methyl/N-ethyl adjacent to an activating group) is 1. The largest absolute Gasteiger partial charge is 0.355 e. The lowest BCUT2D eigenvalue weighted by atomic mass is 9.84. The molecule has 4 heteroatoms. The predicted octanol–water partition coefficient (Wildman–Crippen LogP) is 1.74. The van der Waals surface area contributed by atoms with Gasteiger partial charge in [-0.05, 0) is 51.6 Å². The van der Waals surface area contributed by atoms with Gasteiger partial charge in [0, 0.05) is 25.0 Å². The first-order valence-corrected chi connectivity index (χ1v) is 7.54. The fraction of sp³-hybridized carbons (Fsp3) is 0.933. The molecule has 0 aliphatic heterocycles. The van der Waals surface area contributed by atoms with Crippen LogP contribution < -0.4 is 11.1 Å². The van der Waals surface area contributed by atoms with Crippen molar-refractivity contribution < 1.29 is 4.79 Å². The van der Waals surface area contributed by atoms with Crippen LogP contribution in [0.3, 0.4) is 0 Å². The Hall–Kier alpha value is -0.610. The molecule has 1 aliphatic rings. The lowest BCUT2D eigenvalue weighted by Crippen LogP contribution is -2.41. The van der Waals surface area contributed by atoms with Crippen LogP contribution in [-0.2, 0) is 4.79 Å². The minimum Gasteiger partial charge on any atom is -0.355 e. The van der Waals surface area contributed by atoms with Gasteiger partial charge in [0.1, 0.15) is 0 Å². The maximum absolute atomic E-state index is 11.8. The summed E-state index contributed by atoms with van der Waals surface area (Å²) in [7, 11) is 2.15. The van der Waals surface area contributed by atoms with Gasteiger partial charge >= 0.3 is 0 Å². The summed E-state index contributed by atoms with van der Waals surface area (Å²) >= 11 is 0. The topological polar surface area (TPSA) is 58.4 Å². The molecule has 3 N–H and O–H groups in total. The van der Waals surface area contributed by atoms with Gasteiger partial charge in [-0.15, -0.1) is 0 Å². The van der Waals surface area contributed by atoms with E-state index >= 15 is 0 Å². The van der Waals surface area contributed by atoms with Gasteiger partial charge in [-0.2, -0.15) is 0 Å². The Morgan fingerprint density at radius 3 is 2.58 bits per heavy atom. The van der Waals surface area contributed by atoms with Crippen LogP contribution in [0.5, 0.6) is 0 Å². The quantitative estimate of drug-likeness (QED) is 0.670. The van der Waals surface area contributed by atoms with Gasteiger partial charge in [0.25, 0.3) is 0 Å². The second-order valence-corrected chi connectivity index (χ2v) is 6.75. The van der Waals surface area contributed by atoms with E-state index in [0.717, 1.165) is 25.4 Å². The molecule has 19 heavy (non-hydrogen) atoms. The first-order chi connectivity index (χ1) is 8.85. The van der Waals surface area contributed by atoms with Gasteiger partial charge in [-0.25, -0.2) is 0 Å². The summed E-state index contributed by atoms with van der Waals surface area (Å²) in [6.07, 6.45) is 5.10. The zero-order valence-corrected chi connectivity index (χ0v) is 13.0. The van der Waals surface area contributed by atoms with Gasteiger partial charge in [0.2, 0.25) is 5.91 Å². The van der Waals surface area contributed by atoms with Gasteiger partial charge in [0.05, 0.1) is 0 Å². The molecular formula is C15H31N3O. The van der Waals surface area contributed by atoms with E-state index in [9.17, 15) is 4.79 Å². The number of carbonyl (C=O) groups is 1. The van der Waals surface area contributed by atoms with Crippen molar-refractivity contribution in [3.8, 4) is 0 Å². The molecule has 112 valence electrons. The third-order valence-corrected chi connectivity index (χ3v) is 4.26. The summed E-state index contributed by atoms with van der Waals surface area (Å²) in [6, 6.07) is 1.17. The van der Waals surface area contributed by atoms with Crippen molar-refractivity contribution in [2.24, 2.45) is 11.1 Å². The normalized spacial score (nSPS) is 17.6. The van der Waals surface area contributed by atoms with Crippen molar-refractivity contribution >= 4 is 5.91 Å². The molecule has 4 nitrogen and oxygen atoms in total. The SMILES string of the molecule is CC(CNC(=O)CCC(C)(C)CCN)N(C)C1CC1. The Morgan fingerprint density at radius 2 is 2.05 bits per heavy atom. The molecule has 0 heterocycles. The molecule has 0 aromatic heterocycles. The molecule has 0 aromatic carbocycles. The summed E-state index contributed by atoms with van der Waals surface area (Å²) in [5.41, 5.74) is 5.75. The number of hydrogen-bond donors (Lipinski definition) is 2. The van der Waals surface area contributed by atoms with Gasteiger partial charge < -0.3 is 11.1 Å². The van der Waals surface area contributed by atoms with Crippen molar-refractivity contribution in [2.75, 3.05) is 20.1 Å². The number of nitrogens with two attached hydrogens (primary N) is 1. The Balaban J connectivity index is 2.16. The maximum atomic E-state index is 11.8. The number of rotatable bonds is 9. The highest BCUT2D eigenvalue weighted by molar-refractivity contribution is 5.75. The number of nitrogens with zero attached hydrogens (tertiary/aromatic N) is 1. The first kappa shape index (κ1) is 16.4. The van der Waals surface area contributed by atoms with E-state index < -0.39 is 0 Å². The molecule has 0 saturated heterocycles. The minimum absolute atomic E-state index is 0.168. The Kier molecular flexibility index (Phi) is 6.27. The van der Waals surface area contributed by atoms with E-state index in [1.54, 1.807) is 0 Å². The average molecular weight is 269 g/mol. The highest BCUT2D eigenvalue weighted by Gasteiger charge is 2.29. The van der Waals surface area contributed by atoms with Crippen LogP contribution in [0.15, 0.2) is 0 Å². The third kappa shape index (κ3) is 6.39. The standard InChI is InChI=1S/C15H31N3O/c1-12(18(4)13-5-6-13)11-17-14(19)7-8-15(2,3)9-10-16/h12-13H,5-11,16H2,1-4H3,(H,17,19). The Morgan fingerprint density at radius 1 is 1.42 bits per heavy atom. The van der Waals surface area contributed by atoms with E-state index in [1.165, 1.54) is 12.8 Å². The van der Waals surface area contributed by atoms with Crippen LogP contribution in [0, 0.1) is 5.41 Å². The van der Waals surface area contributed by atoms with Gasteiger partial charge in [0.15, 0.2) is 0 Å². The first-order valence-electron chi connectivity index (χ1n) is 7.54. The van der Waals surface area contributed by atoms with Crippen molar-refractivity contribution in [1.29, 1.82) is 0 Å². The molecule has 1 aliphatic carbocycles. The Bertz CT molecular complexity index is 287. The molecule has 0 bridgehead atoms. The maximum Gasteiger partial charge on any atom is 0.220 e. The molecule has 0 aromatic rings. The Labute approximate surface area is 118 Å². The fourth-order valence-corrected chi connectivity index (χ4v) is 2.30. The van der Waals surface area contributed by atoms with E-state index in [4.69, 9.17) is 5.73 Å². The van der Waals surface area contributed by atoms with Crippen LogP contribution in [0.25, 0.3) is 0 Å². The number of carbonyl (C=O) groups excluding carboxylic acids is 1. The highest BCUT2D eigenvalue weighted by Crippen LogP contribution is 2.27. The predicted molar refractivity (Wildman–Crippen MR) is 79.9 cm³/mol. The fourth-order valence-electron chi connectivity index (χ4n) is 2.30. The van der Waals surface area contributed by atoms with E-state index in [1.807, 2.05) is 0 Å².